The second kappa shape index (κ2) is 11.6. The van der Waals surface area contributed by atoms with Crippen LogP contribution in [0.5, 0.6) is 0 Å². The molecule has 2 aliphatic carbocycles. The van der Waals surface area contributed by atoms with Crippen LogP contribution in [-0.4, -0.2) is 39.7 Å². The van der Waals surface area contributed by atoms with Gasteiger partial charge in [-0.1, -0.05) is 6.07 Å². The summed E-state index contributed by atoms with van der Waals surface area (Å²) in [6.07, 6.45) is 5.52. The second-order valence-corrected chi connectivity index (χ2v) is 12.5. The van der Waals surface area contributed by atoms with Crippen molar-refractivity contribution in [1.82, 2.24) is 20.2 Å². The fourth-order valence-corrected chi connectivity index (χ4v) is 7.41. The lowest BCUT2D eigenvalue weighted by Crippen LogP contribution is -2.52. The van der Waals surface area contributed by atoms with Crippen molar-refractivity contribution in [3.8, 4) is 6.07 Å². The van der Waals surface area contributed by atoms with Gasteiger partial charge >= 0.3 is 0 Å². The smallest absolute Gasteiger partial charge is 0.254 e. The van der Waals surface area contributed by atoms with Gasteiger partial charge < -0.3 is 20.2 Å². The third-order valence-electron chi connectivity index (χ3n) is 8.90. The Bertz CT molecular complexity index is 1560. The number of rotatable bonds is 8. The van der Waals surface area contributed by atoms with Gasteiger partial charge in [-0.25, -0.2) is 8.78 Å². The molecule has 1 amide bonds. The van der Waals surface area contributed by atoms with E-state index in [0.29, 0.717) is 22.6 Å². The molecule has 0 unspecified atom stereocenters. The van der Waals surface area contributed by atoms with Crippen molar-refractivity contribution < 1.29 is 13.6 Å². The summed E-state index contributed by atoms with van der Waals surface area (Å²) < 4.78 is 28.7. The second-order valence-electron chi connectivity index (χ2n) is 11.7. The van der Waals surface area contributed by atoms with Gasteiger partial charge in [0.25, 0.3) is 17.4 Å². The molecule has 0 aliphatic heterocycles. The van der Waals surface area contributed by atoms with E-state index >= 15 is 0 Å². The number of hydrogen-bond acceptors (Lipinski definition) is 5. The number of thioether (sulfide) groups is 1. The molecule has 0 saturated heterocycles. The normalized spacial score (nSPS) is 21.3. The number of nitrogens with one attached hydrogen (secondary N) is 3. The molecule has 218 valence electrons. The Hall–Kier alpha value is -3.16. The predicted octanol–water partition coefficient (Wildman–Crippen LogP) is 5.98. The summed E-state index contributed by atoms with van der Waals surface area (Å²) in [7, 11) is 0. The molecule has 0 radical (unpaired) electrons. The van der Waals surface area contributed by atoms with Crippen LogP contribution in [0.25, 0.3) is 10.9 Å². The SMILES string of the molecule is CSc1cc(C)[nH]c(=O)c1CNC(=O)c1c(C)n([C@H](C)C2CCC(NC3CC(F)(F)C3)CC2)c2cc(C#N)ccc12. The number of pyridine rings is 1. The highest BCUT2D eigenvalue weighted by Crippen LogP contribution is 2.41. The molecule has 2 heterocycles. The number of nitrogens with zero attached hydrogens (tertiary/aromatic N) is 2. The van der Waals surface area contributed by atoms with Crippen LogP contribution < -0.4 is 16.2 Å². The van der Waals surface area contributed by atoms with Crippen LogP contribution in [0.3, 0.4) is 0 Å². The molecule has 3 N–H and O–H groups in total. The molecule has 0 bridgehead atoms. The predicted molar refractivity (Wildman–Crippen MR) is 158 cm³/mol. The van der Waals surface area contributed by atoms with E-state index in [-0.39, 0.29) is 49.0 Å². The van der Waals surface area contributed by atoms with Crippen LogP contribution in [0.1, 0.15) is 84.4 Å². The van der Waals surface area contributed by atoms with Gasteiger partial charge in [-0.15, -0.1) is 11.8 Å². The van der Waals surface area contributed by atoms with Crippen molar-refractivity contribution in [3.63, 3.8) is 0 Å². The number of nitriles is 1. The first kappa shape index (κ1) is 29.3. The number of amides is 1. The van der Waals surface area contributed by atoms with Gasteiger partial charge in [-0.05, 0) is 76.8 Å². The van der Waals surface area contributed by atoms with Crippen molar-refractivity contribution >= 4 is 28.6 Å². The highest BCUT2D eigenvalue weighted by Gasteiger charge is 2.46. The van der Waals surface area contributed by atoms with E-state index in [2.05, 4.69) is 33.2 Å². The number of carbonyl (C=O) groups excluding carboxylic acids is 1. The first-order valence-corrected chi connectivity index (χ1v) is 15.5. The van der Waals surface area contributed by atoms with E-state index in [1.165, 1.54) is 11.8 Å². The average molecular weight is 582 g/mol. The number of alkyl halides is 2. The van der Waals surface area contributed by atoms with E-state index in [0.717, 1.165) is 52.9 Å². The van der Waals surface area contributed by atoms with Gasteiger partial charge in [0.05, 0.1) is 22.7 Å². The Labute approximate surface area is 243 Å². The largest absolute Gasteiger partial charge is 0.348 e. The monoisotopic (exact) mass is 581 g/mol. The van der Waals surface area contributed by atoms with Gasteiger partial charge in [0.1, 0.15) is 0 Å². The van der Waals surface area contributed by atoms with Crippen molar-refractivity contribution in [3.05, 3.63) is 62.7 Å². The molecule has 1 aromatic carbocycles. The molecule has 5 rings (SSSR count). The Morgan fingerprint density at radius 3 is 2.54 bits per heavy atom. The molecule has 3 aromatic rings. The molecule has 2 aliphatic rings. The van der Waals surface area contributed by atoms with Gasteiger partial charge in [0.2, 0.25) is 0 Å². The lowest BCUT2D eigenvalue weighted by atomic mass is 9.80. The maximum atomic E-state index is 13.7. The van der Waals surface area contributed by atoms with Gasteiger partial charge in [-0.3, -0.25) is 9.59 Å². The number of hydrogen-bond donors (Lipinski definition) is 3. The minimum Gasteiger partial charge on any atom is -0.348 e. The lowest BCUT2D eigenvalue weighted by molar-refractivity contribution is -0.0957. The molecule has 10 heteroatoms. The molecular weight excluding hydrogens is 544 g/mol. The molecule has 2 fully saturated rings. The zero-order valence-corrected chi connectivity index (χ0v) is 24.8. The van der Waals surface area contributed by atoms with Crippen LogP contribution in [0.2, 0.25) is 0 Å². The summed E-state index contributed by atoms with van der Waals surface area (Å²) in [5.41, 5.74) is 3.81. The third kappa shape index (κ3) is 5.93. The van der Waals surface area contributed by atoms with Gasteiger partial charge in [-0.2, -0.15) is 5.26 Å². The zero-order chi connectivity index (χ0) is 29.5. The Morgan fingerprint density at radius 2 is 1.90 bits per heavy atom. The van der Waals surface area contributed by atoms with Crippen molar-refractivity contribution in [1.29, 1.82) is 5.26 Å². The zero-order valence-electron chi connectivity index (χ0n) is 23.9. The highest BCUT2D eigenvalue weighted by molar-refractivity contribution is 7.98. The maximum absolute atomic E-state index is 13.7. The van der Waals surface area contributed by atoms with E-state index in [1.807, 2.05) is 38.3 Å². The summed E-state index contributed by atoms with van der Waals surface area (Å²) in [6.45, 7) is 6.03. The van der Waals surface area contributed by atoms with E-state index in [4.69, 9.17) is 0 Å². The Kier molecular flexibility index (Phi) is 8.31. The summed E-state index contributed by atoms with van der Waals surface area (Å²) in [5.74, 6) is -2.43. The third-order valence-corrected chi connectivity index (χ3v) is 9.71. The van der Waals surface area contributed by atoms with Crippen LogP contribution in [0.15, 0.2) is 34.0 Å². The molecule has 0 spiro atoms. The van der Waals surface area contributed by atoms with E-state index < -0.39 is 5.92 Å². The number of aromatic nitrogens is 2. The molecule has 2 saturated carbocycles. The minimum atomic E-state index is -2.52. The fourth-order valence-electron chi connectivity index (χ4n) is 6.70. The number of fused-ring (bicyclic) bond motifs is 1. The first-order chi connectivity index (χ1) is 19.5. The number of aryl methyl sites for hydroxylation is 1. The van der Waals surface area contributed by atoms with E-state index in [9.17, 15) is 23.6 Å². The average Bonchev–Trinajstić information content (AvgIpc) is 3.21. The number of aromatic amines is 1. The number of halogens is 2. The summed E-state index contributed by atoms with van der Waals surface area (Å²) in [5, 5.41) is 16.8. The number of H-pyrrole nitrogens is 1. The van der Waals surface area contributed by atoms with Crippen LogP contribution in [0.4, 0.5) is 8.78 Å². The minimum absolute atomic E-state index is 0.0686. The summed E-state index contributed by atoms with van der Waals surface area (Å²) in [6, 6.07) is 9.76. The lowest BCUT2D eigenvalue weighted by Gasteiger charge is -2.41. The standard InChI is InChI=1S/C31H37F2N5O2S/c1-17-11-27(41-4)25(29(39)36-17)16-35-30(40)28-19(3)38(26-12-20(15-34)5-10-24(26)28)18(2)21-6-8-22(9-7-21)37-23-13-31(32,33)14-23/h5,10-12,18,21-23,37H,6-9,13-14,16H2,1-4H3,(H,35,40)(H,36,39)/t18-,21?,22?/m1/s1. The highest BCUT2D eigenvalue weighted by atomic mass is 32.2. The van der Waals surface area contributed by atoms with Gasteiger partial charge in [0.15, 0.2) is 0 Å². The summed E-state index contributed by atoms with van der Waals surface area (Å²) >= 11 is 1.47. The number of benzene rings is 1. The molecule has 7 nitrogen and oxygen atoms in total. The molecular formula is C31H37F2N5O2S. The van der Waals surface area contributed by atoms with Crippen LogP contribution >= 0.6 is 11.8 Å². The van der Waals surface area contributed by atoms with Crippen molar-refractivity contribution in [2.45, 2.75) is 94.8 Å². The van der Waals surface area contributed by atoms with E-state index in [1.54, 1.807) is 6.07 Å². The molecule has 41 heavy (non-hydrogen) atoms. The van der Waals surface area contributed by atoms with Crippen molar-refractivity contribution in [2.24, 2.45) is 5.92 Å². The van der Waals surface area contributed by atoms with Gasteiger partial charge in [0, 0.05) is 64.7 Å². The Balaban J connectivity index is 1.37. The first-order valence-electron chi connectivity index (χ1n) is 14.2. The molecule has 2 aromatic heterocycles. The Morgan fingerprint density at radius 1 is 1.20 bits per heavy atom. The maximum Gasteiger partial charge on any atom is 0.254 e. The van der Waals surface area contributed by atoms with Crippen LogP contribution in [-0.2, 0) is 6.54 Å². The topological polar surface area (TPSA) is 103 Å². The quantitative estimate of drug-likeness (QED) is 0.284. The van der Waals surface area contributed by atoms with Crippen LogP contribution in [0, 0.1) is 31.1 Å². The fraction of sp³-hybridized carbons (Fsp3) is 0.516. The summed E-state index contributed by atoms with van der Waals surface area (Å²) in [4.78, 5) is 29.9. The van der Waals surface area contributed by atoms with Crippen molar-refractivity contribution in [2.75, 3.05) is 6.26 Å². The molecule has 1 atom stereocenters. The number of carbonyl (C=O) groups is 1.